The zero-order valence-corrected chi connectivity index (χ0v) is 12.7. The van der Waals surface area contributed by atoms with Crippen LogP contribution < -0.4 is 4.90 Å². The van der Waals surface area contributed by atoms with Gasteiger partial charge in [0.1, 0.15) is 6.54 Å². The number of benzene rings is 1. The van der Waals surface area contributed by atoms with Gasteiger partial charge in [0.25, 0.3) is 0 Å². The Morgan fingerprint density at radius 1 is 1.00 bits per heavy atom. The average molecular weight is 277 g/mol. The zero-order valence-electron chi connectivity index (χ0n) is 12.7. The van der Waals surface area contributed by atoms with E-state index in [1.165, 1.54) is 6.92 Å². The predicted molar refractivity (Wildman–Crippen MR) is 80.7 cm³/mol. The third-order valence-electron chi connectivity index (χ3n) is 3.11. The molecule has 0 saturated carbocycles. The number of anilines is 1. The van der Waals surface area contributed by atoms with E-state index in [0.717, 1.165) is 12.2 Å². The van der Waals surface area contributed by atoms with Gasteiger partial charge in [0.2, 0.25) is 11.8 Å². The van der Waals surface area contributed by atoms with E-state index in [1.54, 1.807) is 16.8 Å². The molecule has 0 unspecified atom stereocenters. The molecule has 0 atom stereocenters. The van der Waals surface area contributed by atoms with Crippen LogP contribution in [-0.4, -0.2) is 62.4 Å². The van der Waals surface area contributed by atoms with Crippen molar-refractivity contribution in [1.82, 2.24) is 9.80 Å². The van der Waals surface area contributed by atoms with E-state index in [0.29, 0.717) is 6.54 Å². The van der Waals surface area contributed by atoms with Crippen molar-refractivity contribution in [3.63, 3.8) is 0 Å². The highest BCUT2D eigenvalue weighted by Crippen LogP contribution is 2.11. The van der Waals surface area contributed by atoms with Gasteiger partial charge in [-0.2, -0.15) is 0 Å². The Kier molecular flexibility index (Phi) is 6.18. The van der Waals surface area contributed by atoms with E-state index < -0.39 is 0 Å². The largest absolute Gasteiger partial charge is 0.332 e. The first kappa shape index (κ1) is 16.2. The van der Waals surface area contributed by atoms with Crippen molar-refractivity contribution in [2.75, 3.05) is 45.7 Å². The highest BCUT2D eigenvalue weighted by atomic mass is 16.2. The number of amides is 2. The quantitative estimate of drug-likeness (QED) is 0.781. The number of hydrogen-bond donors (Lipinski definition) is 0. The summed E-state index contributed by atoms with van der Waals surface area (Å²) in [6.45, 7) is 2.89. The van der Waals surface area contributed by atoms with Gasteiger partial charge in [0, 0.05) is 32.7 Å². The fourth-order valence-corrected chi connectivity index (χ4v) is 1.73. The van der Waals surface area contributed by atoms with Crippen LogP contribution in [0.5, 0.6) is 0 Å². The maximum atomic E-state index is 12.2. The average Bonchev–Trinajstić information content (AvgIpc) is 2.42. The van der Waals surface area contributed by atoms with Crippen LogP contribution in [0.4, 0.5) is 5.69 Å². The lowest BCUT2D eigenvalue weighted by Crippen LogP contribution is -2.43. The standard InChI is InChI=1S/C15H23N3O2/c1-13(19)18(11-10-16(2)3)12-15(20)17(4)14-8-6-5-7-9-14/h5-9H,10-12H2,1-4H3. The minimum absolute atomic E-state index is 0.0818. The summed E-state index contributed by atoms with van der Waals surface area (Å²) in [6, 6.07) is 9.41. The Morgan fingerprint density at radius 2 is 1.60 bits per heavy atom. The fraction of sp³-hybridized carbons (Fsp3) is 0.467. The van der Waals surface area contributed by atoms with E-state index in [1.807, 2.05) is 49.3 Å². The molecule has 20 heavy (non-hydrogen) atoms. The summed E-state index contributed by atoms with van der Waals surface area (Å²) >= 11 is 0. The Hall–Kier alpha value is -1.88. The lowest BCUT2D eigenvalue weighted by molar-refractivity contribution is -0.133. The first-order chi connectivity index (χ1) is 9.41. The van der Waals surface area contributed by atoms with Crippen LogP contribution in [0.1, 0.15) is 6.92 Å². The summed E-state index contributed by atoms with van der Waals surface area (Å²) in [6.07, 6.45) is 0. The van der Waals surface area contributed by atoms with Crippen LogP contribution in [0.3, 0.4) is 0 Å². The summed E-state index contributed by atoms with van der Waals surface area (Å²) in [4.78, 5) is 28.9. The monoisotopic (exact) mass is 277 g/mol. The highest BCUT2D eigenvalue weighted by molar-refractivity contribution is 5.95. The molecular weight excluding hydrogens is 254 g/mol. The van der Waals surface area contributed by atoms with Gasteiger partial charge in [-0.25, -0.2) is 0 Å². The van der Waals surface area contributed by atoms with Crippen LogP contribution in [0.2, 0.25) is 0 Å². The Bertz CT molecular complexity index is 446. The van der Waals surface area contributed by atoms with Crippen molar-refractivity contribution >= 4 is 17.5 Å². The van der Waals surface area contributed by atoms with Crippen LogP contribution in [0.25, 0.3) is 0 Å². The number of rotatable bonds is 6. The van der Waals surface area contributed by atoms with E-state index in [4.69, 9.17) is 0 Å². The van der Waals surface area contributed by atoms with Gasteiger partial charge in [0.05, 0.1) is 0 Å². The number of carbonyl (C=O) groups excluding carboxylic acids is 2. The molecular formula is C15H23N3O2. The number of carbonyl (C=O) groups is 2. The third-order valence-corrected chi connectivity index (χ3v) is 3.11. The number of para-hydroxylation sites is 1. The molecule has 0 heterocycles. The van der Waals surface area contributed by atoms with Crippen LogP contribution in [0.15, 0.2) is 30.3 Å². The molecule has 0 spiro atoms. The highest BCUT2D eigenvalue weighted by Gasteiger charge is 2.17. The normalized spacial score (nSPS) is 10.4. The third kappa shape index (κ3) is 5.01. The summed E-state index contributed by atoms with van der Waals surface area (Å²) in [7, 11) is 5.61. The van der Waals surface area contributed by atoms with Gasteiger partial charge < -0.3 is 14.7 Å². The molecule has 0 aliphatic carbocycles. The summed E-state index contributed by atoms with van der Waals surface area (Å²) < 4.78 is 0. The lowest BCUT2D eigenvalue weighted by atomic mass is 10.3. The van der Waals surface area contributed by atoms with Crippen LogP contribution in [-0.2, 0) is 9.59 Å². The van der Waals surface area contributed by atoms with Gasteiger partial charge in [0.15, 0.2) is 0 Å². The van der Waals surface area contributed by atoms with Crippen molar-refractivity contribution in [2.45, 2.75) is 6.92 Å². The summed E-state index contributed by atoms with van der Waals surface area (Å²) in [5, 5.41) is 0. The zero-order chi connectivity index (χ0) is 15.1. The molecule has 5 heteroatoms. The molecule has 0 aliphatic rings. The molecule has 0 aromatic heterocycles. The van der Waals surface area contributed by atoms with Gasteiger partial charge >= 0.3 is 0 Å². The molecule has 0 aliphatic heterocycles. The van der Waals surface area contributed by atoms with E-state index >= 15 is 0 Å². The van der Waals surface area contributed by atoms with Gasteiger partial charge in [-0.05, 0) is 26.2 Å². The fourth-order valence-electron chi connectivity index (χ4n) is 1.73. The topological polar surface area (TPSA) is 43.9 Å². The number of likely N-dealkylation sites (N-methyl/N-ethyl adjacent to an activating group) is 2. The maximum absolute atomic E-state index is 12.2. The minimum atomic E-state index is -0.0924. The van der Waals surface area contributed by atoms with E-state index in [-0.39, 0.29) is 18.4 Å². The van der Waals surface area contributed by atoms with Gasteiger partial charge in [-0.1, -0.05) is 18.2 Å². The first-order valence-electron chi connectivity index (χ1n) is 6.63. The molecule has 110 valence electrons. The number of hydrogen-bond acceptors (Lipinski definition) is 3. The Balaban J connectivity index is 2.64. The Morgan fingerprint density at radius 3 is 2.10 bits per heavy atom. The SMILES string of the molecule is CC(=O)N(CCN(C)C)CC(=O)N(C)c1ccccc1. The smallest absolute Gasteiger partial charge is 0.246 e. The molecule has 1 aromatic rings. The molecule has 0 saturated heterocycles. The summed E-state index contributed by atoms with van der Waals surface area (Å²) in [5.74, 6) is -0.174. The van der Waals surface area contributed by atoms with Gasteiger partial charge in [-0.3, -0.25) is 9.59 Å². The van der Waals surface area contributed by atoms with Crippen molar-refractivity contribution in [1.29, 1.82) is 0 Å². The molecule has 5 nitrogen and oxygen atoms in total. The Labute approximate surface area is 120 Å². The molecule has 0 radical (unpaired) electrons. The maximum Gasteiger partial charge on any atom is 0.246 e. The van der Waals surface area contributed by atoms with Crippen molar-refractivity contribution in [3.05, 3.63) is 30.3 Å². The molecule has 2 amide bonds. The molecule has 1 aromatic carbocycles. The van der Waals surface area contributed by atoms with Crippen LogP contribution >= 0.6 is 0 Å². The van der Waals surface area contributed by atoms with Crippen molar-refractivity contribution in [2.24, 2.45) is 0 Å². The second kappa shape index (κ2) is 7.65. The molecule has 0 fully saturated rings. The van der Waals surface area contributed by atoms with E-state index in [2.05, 4.69) is 0 Å². The van der Waals surface area contributed by atoms with Crippen molar-refractivity contribution in [3.8, 4) is 0 Å². The second-order valence-corrected chi connectivity index (χ2v) is 5.03. The second-order valence-electron chi connectivity index (χ2n) is 5.03. The summed E-state index contributed by atoms with van der Waals surface area (Å²) in [5.41, 5.74) is 0.827. The molecule has 0 bridgehead atoms. The molecule has 1 rings (SSSR count). The predicted octanol–water partition coefficient (Wildman–Crippen LogP) is 1.06. The lowest BCUT2D eigenvalue weighted by Gasteiger charge is -2.25. The van der Waals surface area contributed by atoms with Crippen molar-refractivity contribution < 1.29 is 9.59 Å². The van der Waals surface area contributed by atoms with Gasteiger partial charge in [-0.15, -0.1) is 0 Å². The van der Waals surface area contributed by atoms with E-state index in [9.17, 15) is 9.59 Å². The first-order valence-corrected chi connectivity index (χ1v) is 6.63. The van der Waals surface area contributed by atoms with Crippen LogP contribution in [0, 0.1) is 0 Å². The number of nitrogens with zero attached hydrogens (tertiary/aromatic N) is 3. The molecule has 0 N–H and O–H groups in total. The minimum Gasteiger partial charge on any atom is -0.332 e.